The van der Waals surface area contributed by atoms with Crippen LogP contribution in [0.1, 0.15) is 48.6 Å². The van der Waals surface area contributed by atoms with E-state index in [1.165, 1.54) is 24.2 Å². The van der Waals surface area contributed by atoms with E-state index in [0.29, 0.717) is 18.4 Å². The molecule has 1 atom stereocenters. The van der Waals surface area contributed by atoms with Gasteiger partial charge in [0.15, 0.2) is 5.82 Å². The Morgan fingerprint density at radius 2 is 2.04 bits per heavy atom. The van der Waals surface area contributed by atoms with E-state index in [0.717, 1.165) is 36.8 Å². The molecule has 1 saturated heterocycles. The van der Waals surface area contributed by atoms with E-state index in [1.807, 2.05) is 6.07 Å². The van der Waals surface area contributed by atoms with Gasteiger partial charge in [-0.05, 0) is 31.4 Å². The molecule has 2 fully saturated rings. The summed E-state index contributed by atoms with van der Waals surface area (Å²) < 4.78 is 7.73. The number of hydrogen-bond acceptors (Lipinski definition) is 4. The van der Waals surface area contributed by atoms with Crippen molar-refractivity contribution in [1.29, 1.82) is 0 Å². The Bertz CT molecular complexity index is 842. The van der Waals surface area contributed by atoms with Gasteiger partial charge in [0.1, 0.15) is 11.6 Å². The van der Waals surface area contributed by atoms with Crippen molar-refractivity contribution >= 4 is 11.0 Å². The van der Waals surface area contributed by atoms with Gasteiger partial charge in [-0.1, -0.05) is 12.1 Å². The van der Waals surface area contributed by atoms with Crippen LogP contribution in [0.25, 0.3) is 11.0 Å². The second kappa shape index (κ2) is 5.16. The molecule has 3 heterocycles. The van der Waals surface area contributed by atoms with E-state index in [1.54, 1.807) is 0 Å². The molecular weight excluding hydrogens is 290 g/mol. The summed E-state index contributed by atoms with van der Waals surface area (Å²) in [5, 5.41) is 7.51. The Morgan fingerprint density at radius 1 is 1.13 bits per heavy atom. The lowest BCUT2D eigenvalue weighted by atomic mass is 10.1. The van der Waals surface area contributed by atoms with Crippen LogP contribution < -0.4 is 0 Å². The van der Waals surface area contributed by atoms with Crippen LogP contribution in [0.15, 0.2) is 24.3 Å². The molecule has 3 aromatic rings. The number of nitrogens with one attached hydrogen (secondary N) is 1. The van der Waals surface area contributed by atoms with Crippen molar-refractivity contribution in [3.8, 4) is 0 Å². The number of nitrogens with zero attached hydrogens (tertiary/aromatic N) is 4. The van der Waals surface area contributed by atoms with Gasteiger partial charge in [-0.15, -0.1) is 0 Å². The highest BCUT2D eigenvalue weighted by molar-refractivity contribution is 5.76. The molecule has 2 aliphatic rings. The third kappa shape index (κ3) is 2.34. The van der Waals surface area contributed by atoms with Crippen LogP contribution in [0.2, 0.25) is 0 Å². The first-order chi connectivity index (χ1) is 11.4. The number of rotatable bonds is 4. The normalized spacial score (nSPS) is 21.3. The predicted molar refractivity (Wildman–Crippen MR) is 85.4 cm³/mol. The van der Waals surface area contributed by atoms with Crippen LogP contribution in [0, 0.1) is 0 Å². The number of hydrogen-bond donors (Lipinski definition) is 1. The molecule has 118 valence electrons. The van der Waals surface area contributed by atoms with E-state index in [4.69, 9.17) is 14.7 Å². The molecule has 1 aliphatic carbocycles. The summed E-state index contributed by atoms with van der Waals surface area (Å²) in [6.07, 6.45) is 3.49. The summed E-state index contributed by atoms with van der Waals surface area (Å²) >= 11 is 0. The van der Waals surface area contributed by atoms with Crippen LogP contribution in [-0.2, 0) is 11.3 Å². The van der Waals surface area contributed by atoms with Crippen LogP contribution >= 0.6 is 0 Å². The topological polar surface area (TPSA) is 68.6 Å². The predicted octanol–water partition coefficient (Wildman–Crippen LogP) is 2.58. The monoisotopic (exact) mass is 309 g/mol. The average Bonchev–Trinajstić information content (AvgIpc) is 3.01. The second-order valence-electron chi connectivity index (χ2n) is 6.52. The Hall–Kier alpha value is -2.21. The number of para-hydroxylation sites is 2. The van der Waals surface area contributed by atoms with Gasteiger partial charge in [0.2, 0.25) is 0 Å². The van der Waals surface area contributed by atoms with Crippen molar-refractivity contribution < 1.29 is 4.74 Å². The zero-order valence-corrected chi connectivity index (χ0v) is 12.9. The minimum Gasteiger partial charge on any atom is -0.381 e. The fourth-order valence-electron chi connectivity index (χ4n) is 3.36. The van der Waals surface area contributed by atoms with Gasteiger partial charge >= 0.3 is 0 Å². The second-order valence-corrected chi connectivity index (χ2v) is 6.52. The first-order valence-corrected chi connectivity index (χ1v) is 8.32. The molecule has 1 saturated carbocycles. The number of aromatic nitrogens is 5. The lowest BCUT2D eigenvalue weighted by Crippen LogP contribution is -2.06. The maximum atomic E-state index is 5.43. The molecule has 1 aromatic carbocycles. The quantitative estimate of drug-likeness (QED) is 0.804. The maximum absolute atomic E-state index is 5.43. The minimum absolute atomic E-state index is 0.336. The summed E-state index contributed by atoms with van der Waals surface area (Å²) in [5.74, 6) is 3.91. The summed E-state index contributed by atoms with van der Waals surface area (Å²) in [6, 6.07) is 8.33. The highest BCUT2D eigenvalue weighted by Crippen LogP contribution is 2.40. The summed E-state index contributed by atoms with van der Waals surface area (Å²) in [7, 11) is 0. The molecule has 5 rings (SSSR count). The van der Waals surface area contributed by atoms with Gasteiger partial charge in [0.25, 0.3) is 0 Å². The zero-order chi connectivity index (χ0) is 15.2. The van der Waals surface area contributed by atoms with Crippen LogP contribution in [0.4, 0.5) is 0 Å². The smallest absolute Gasteiger partial charge is 0.156 e. The molecule has 0 radical (unpaired) electrons. The Balaban J connectivity index is 1.49. The summed E-state index contributed by atoms with van der Waals surface area (Å²) in [5.41, 5.74) is 2.25. The first-order valence-electron chi connectivity index (χ1n) is 8.32. The average molecular weight is 309 g/mol. The largest absolute Gasteiger partial charge is 0.381 e. The minimum atomic E-state index is 0.336. The third-order valence-corrected chi connectivity index (χ3v) is 4.78. The molecule has 0 amide bonds. The fraction of sp³-hybridized carbons (Fsp3) is 0.471. The Kier molecular flexibility index (Phi) is 2.97. The van der Waals surface area contributed by atoms with Crippen LogP contribution in [0.3, 0.4) is 0 Å². The standard InChI is InChI=1S/C17H19N5O/c1-2-4-14-13(3-1)18-17(11-5-6-11)22(14)9-15-19-16(21-20-15)12-7-8-23-10-12/h1-4,11-12H,5-10H2,(H,19,20,21). The van der Waals surface area contributed by atoms with E-state index in [2.05, 4.69) is 33.0 Å². The van der Waals surface area contributed by atoms with Crippen molar-refractivity contribution in [3.05, 3.63) is 41.7 Å². The Labute approximate surface area is 133 Å². The van der Waals surface area contributed by atoms with Crippen molar-refractivity contribution in [1.82, 2.24) is 24.7 Å². The number of imidazole rings is 1. The van der Waals surface area contributed by atoms with Crippen molar-refractivity contribution in [2.24, 2.45) is 0 Å². The number of fused-ring (bicyclic) bond motifs is 1. The van der Waals surface area contributed by atoms with E-state index in [-0.39, 0.29) is 0 Å². The van der Waals surface area contributed by atoms with Crippen molar-refractivity contribution in [3.63, 3.8) is 0 Å². The lowest BCUT2D eigenvalue weighted by Gasteiger charge is -2.06. The van der Waals surface area contributed by atoms with Gasteiger partial charge in [0.05, 0.1) is 24.2 Å². The van der Waals surface area contributed by atoms with Gasteiger partial charge in [-0.2, -0.15) is 5.10 Å². The molecule has 2 aromatic heterocycles. The van der Waals surface area contributed by atoms with Crippen LogP contribution in [-0.4, -0.2) is 37.9 Å². The molecule has 6 heteroatoms. The molecule has 0 bridgehead atoms. The number of benzene rings is 1. The van der Waals surface area contributed by atoms with Gasteiger partial charge in [-0.25, -0.2) is 9.97 Å². The van der Waals surface area contributed by atoms with Crippen molar-refractivity contribution in [2.45, 2.75) is 37.6 Å². The molecule has 23 heavy (non-hydrogen) atoms. The maximum Gasteiger partial charge on any atom is 0.156 e. The molecular formula is C17H19N5O. The zero-order valence-electron chi connectivity index (χ0n) is 12.9. The third-order valence-electron chi connectivity index (χ3n) is 4.78. The van der Waals surface area contributed by atoms with Gasteiger partial charge < -0.3 is 9.30 Å². The fourth-order valence-corrected chi connectivity index (χ4v) is 3.36. The number of aromatic amines is 1. The summed E-state index contributed by atoms with van der Waals surface area (Å²) in [4.78, 5) is 9.54. The van der Waals surface area contributed by atoms with Crippen LogP contribution in [0.5, 0.6) is 0 Å². The van der Waals surface area contributed by atoms with E-state index >= 15 is 0 Å². The molecule has 1 unspecified atom stereocenters. The highest BCUT2D eigenvalue weighted by Gasteiger charge is 2.30. The lowest BCUT2D eigenvalue weighted by molar-refractivity contribution is 0.193. The molecule has 1 N–H and O–H groups in total. The number of ether oxygens (including phenoxy) is 1. The van der Waals surface area contributed by atoms with E-state index in [9.17, 15) is 0 Å². The summed E-state index contributed by atoms with van der Waals surface area (Å²) in [6.45, 7) is 2.25. The van der Waals surface area contributed by atoms with Gasteiger partial charge in [-0.3, -0.25) is 5.10 Å². The first kappa shape index (κ1) is 13.2. The molecule has 0 spiro atoms. The SMILES string of the molecule is c1ccc2c(c1)nc(C1CC1)n2Cc1nc(C2CCOC2)n[nH]1. The van der Waals surface area contributed by atoms with Crippen molar-refractivity contribution in [2.75, 3.05) is 13.2 Å². The van der Waals surface area contributed by atoms with E-state index < -0.39 is 0 Å². The molecule has 1 aliphatic heterocycles. The molecule has 6 nitrogen and oxygen atoms in total. The highest BCUT2D eigenvalue weighted by atomic mass is 16.5. The number of H-pyrrole nitrogens is 1. The Morgan fingerprint density at radius 3 is 2.87 bits per heavy atom. The van der Waals surface area contributed by atoms with Gasteiger partial charge in [0, 0.05) is 18.4 Å².